The van der Waals surface area contributed by atoms with Crippen LogP contribution < -0.4 is 14.5 Å². The zero-order chi connectivity index (χ0) is 46.6. The predicted octanol–water partition coefficient (Wildman–Crippen LogP) is 16.0. The molecular weight excluding hydrogens is 1020 g/mol. The third kappa shape index (κ3) is 8.23. The van der Waals surface area contributed by atoms with Crippen molar-refractivity contribution < 1.29 is 25.8 Å². The first-order chi connectivity index (χ1) is 33.0. The third-order valence-electron chi connectivity index (χ3n) is 13.4. The number of rotatable bonds is 9. The molecule has 0 saturated carbocycles. The average Bonchev–Trinajstić information content (AvgIpc) is 3.91. The van der Waals surface area contributed by atoms with Crippen molar-refractivity contribution in [2.75, 3.05) is 9.80 Å². The molecule has 0 fully saturated rings. The summed E-state index contributed by atoms with van der Waals surface area (Å²) in [6.07, 6.45) is 1.94. The minimum Gasteiger partial charge on any atom is -0.509 e. The number of ether oxygens (including phenoxy) is 1. The molecule has 0 saturated heterocycles. The van der Waals surface area contributed by atoms with Gasteiger partial charge in [0.2, 0.25) is 0 Å². The number of para-hydroxylation sites is 3. The van der Waals surface area contributed by atoms with E-state index in [2.05, 4.69) is 257 Å². The van der Waals surface area contributed by atoms with E-state index < -0.39 is 5.41 Å². The van der Waals surface area contributed by atoms with Gasteiger partial charge < -0.3 is 19.1 Å². The molecule has 69 heavy (non-hydrogen) atoms. The van der Waals surface area contributed by atoms with E-state index in [1.807, 2.05) is 24.4 Å². The molecule has 2 aromatic heterocycles. The first kappa shape index (κ1) is 45.6. The summed E-state index contributed by atoms with van der Waals surface area (Å²) in [6.45, 7) is 15.9. The number of fused-ring (bicyclic) bond motifs is 4. The van der Waals surface area contributed by atoms with Crippen molar-refractivity contribution in [3.05, 3.63) is 259 Å². The first-order valence-corrected chi connectivity index (χ1v) is 23.4. The van der Waals surface area contributed by atoms with Gasteiger partial charge in [0.15, 0.2) is 0 Å². The van der Waals surface area contributed by atoms with Crippen LogP contribution in [0.2, 0.25) is 0 Å². The quantitative estimate of drug-likeness (QED) is 0.107. The number of pyridine rings is 1. The van der Waals surface area contributed by atoms with E-state index in [0.717, 1.165) is 55.9 Å². The summed E-state index contributed by atoms with van der Waals surface area (Å²) >= 11 is 0. The first-order valence-electron chi connectivity index (χ1n) is 23.4. The normalized spacial score (nSPS) is 12.8. The van der Waals surface area contributed by atoms with Crippen LogP contribution in [-0.4, -0.2) is 9.55 Å². The van der Waals surface area contributed by atoms with Crippen LogP contribution in [-0.2, 0) is 37.3 Å². The number of benzene rings is 8. The van der Waals surface area contributed by atoms with Gasteiger partial charge in [-0.05, 0) is 92.1 Å². The molecule has 0 unspecified atom stereocenters. The summed E-state index contributed by atoms with van der Waals surface area (Å²) in [5.74, 6) is 1.96. The van der Waals surface area contributed by atoms with E-state index in [4.69, 9.17) is 9.72 Å². The SMILES string of the molecule is CC(C)(C)c1cc(N2[CH-]N(c3[c-]c(Oc4[c-]c5c(cc4)c4ccccc4n5-c4cc(C(c5ccccc5)(c5ccccc5)c5ccccc5)ccn4)ccc3)c3ccccc32)cc(C(C)(C)C)c1.[Pt]. The Labute approximate surface area is 420 Å². The van der Waals surface area contributed by atoms with Crippen LogP contribution >= 0.6 is 0 Å². The molecule has 0 spiro atoms. The Kier molecular flexibility index (Phi) is 11.9. The van der Waals surface area contributed by atoms with Gasteiger partial charge in [-0.3, -0.25) is 0 Å². The van der Waals surface area contributed by atoms with Gasteiger partial charge >= 0.3 is 0 Å². The second-order valence-corrected chi connectivity index (χ2v) is 19.8. The maximum absolute atomic E-state index is 6.73. The monoisotopic (exact) mass is 1080 g/mol. The summed E-state index contributed by atoms with van der Waals surface area (Å²) in [5.41, 5.74) is 12.7. The van der Waals surface area contributed by atoms with Gasteiger partial charge in [0.05, 0.1) is 5.41 Å². The molecule has 3 heterocycles. The van der Waals surface area contributed by atoms with Gasteiger partial charge in [-0.2, -0.15) is 12.1 Å². The van der Waals surface area contributed by atoms with Crippen molar-refractivity contribution in [2.45, 2.75) is 57.8 Å². The number of hydrogen-bond donors (Lipinski definition) is 0. The molecule has 11 rings (SSSR count). The summed E-state index contributed by atoms with van der Waals surface area (Å²) in [6, 6.07) is 78.4. The van der Waals surface area contributed by atoms with E-state index in [1.54, 1.807) is 0 Å². The zero-order valence-corrected chi connectivity index (χ0v) is 42.0. The Balaban J connectivity index is 0.00000553. The second kappa shape index (κ2) is 18.0. The van der Waals surface area contributed by atoms with Crippen molar-refractivity contribution in [3.8, 4) is 17.3 Å². The van der Waals surface area contributed by atoms with E-state index >= 15 is 0 Å². The van der Waals surface area contributed by atoms with Crippen molar-refractivity contribution in [2.24, 2.45) is 0 Å². The molecule has 0 bridgehead atoms. The van der Waals surface area contributed by atoms with Gasteiger partial charge in [0.1, 0.15) is 5.82 Å². The number of nitrogens with zero attached hydrogens (tertiary/aromatic N) is 4. The summed E-state index contributed by atoms with van der Waals surface area (Å²) < 4.78 is 8.95. The van der Waals surface area contributed by atoms with Gasteiger partial charge in [0, 0.05) is 61.3 Å². The molecule has 6 heteroatoms. The van der Waals surface area contributed by atoms with Crippen molar-refractivity contribution in [3.63, 3.8) is 0 Å². The molecule has 1 aliphatic heterocycles. The molecule has 8 aromatic carbocycles. The fourth-order valence-electron chi connectivity index (χ4n) is 9.89. The summed E-state index contributed by atoms with van der Waals surface area (Å²) in [7, 11) is 0. The molecule has 5 nitrogen and oxygen atoms in total. The molecule has 0 aliphatic carbocycles. The smallest absolute Gasteiger partial charge is 0.135 e. The van der Waals surface area contributed by atoms with Gasteiger partial charge in [-0.25, -0.2) is 4.98 Å². The number of hydrogen-bond acceptors (Lipinski definition) is 4. The second-order valence-electron chi connectivity index (χ2n) is 19.8. The van der Waals surface area contributed by atoms with E-state index in [1.165, 1.54) is 27.8 Å². The van der Waals surface area contributed by atoms with Crippen molar-refractivity contribution >= 4 is 44.6 Å². The minimum atomic E-state index is -0.630. The number of anilines is 4. The largest absolute Gasteiger partial charge is 0.509 e. The van der Waals surface area contributed by atoms with Crippen LogP contribution in [0.15, 0.2) is 206 Å². The Hall–Kier alpha value is -7.20. The van der Waals surface area contributed by atoms with E-state index in [-0.39, 0.29) is 31.9 Å². The van der Waals surface area contributed by atoms with Crippen LogP contribution in [0.3, 0.4) is 0 Å². The Bertz CT molecular complexity index is 3310. The maximum atomic E-state index is 6.73. The van der Waals surface area contributed by atoms with Crippen LogP contribution in [0.1, 0.15) is 74.9 Å². The van der Waals surface area contributed by atoms with Crippen molar-refractivity contribution in [1.82, 2.24) is 9.55 Å². The fraction of sp³-hybridized carbons (Fsp3) is 0.143. The Morgan fingerprint density at radius 2 is 1.01 bits per heavy atom. The molecule has 1 aliphatic rings. The summed E-state index contributed by atoms with van der Waals surface area (Å²) in [5, 5.41) is 2.17. The number of aromatic nitrogens is 2. The molecule has 0 atom stereocenters. The third-order valence-corrected chi connectivity index (χ3v) is 13.4. The molecule has 10 aromatic rings. The average molecular weight is 1080 g/mol. The molecule has 0 amide bonds. The van der Waals surface area contributed by atoms with E-state index in [9.17, 15) is 0 Å². The Morgan fingerprint density at radius 3 is 1.62 bits per heavy atom. The molecule has 0 N–H and O–H groups in total. The minimum absolute atomic E-state index is 0. The molecule has 0 radical (unpaired) electrons. The van der Waals surface area contributed by atoms with E-state index in [0.29, 0.717) is 11.5 Å². The Morgan fingerprint density at radius 1 is 0.464 bits per heavy atom. The van der Waals surface area contributed by atoms with Gasteiger partial charge in [-0.15, -0.1) is 48.1 Å². The zero-order valence-electron chi connectivity index (χ0n) is 39.7. The predicted molar refractivity (Wildman–Crippen MR) is 280 cm³/mol. The van der Waals surface area contributed by atoms with Crippen LogP contribution in [0.5, 0.6) is 11.5 Å². The van der Waals surface area contributed by atoms with Crippen LogP contribution in [0, 0.1) is 18.8 Å². The molecular formula is C63H53N4OPt-3. The molecule has 344 valence electrons. The standard InChI is InChI=1S/C63H53N4O.Pt/c1-61(2,3)48-37-49(62(4,5)6)39-51(38-48)66-43-65(57-31-18-19-32-58(57)66)50-27-20-28-52(41-50)68-53-33-34-55-54-29-16-17-30-56(54)67(59(55)42-53)60-40-47(35-36-64-60)63(44-21-10-7-11-22-44,45-23-12-8-13-24-45)46-25-14-9-15-26-46;/h7-40,43H,1-6H3;/q-3;. The fourth-order valence-corrected chi connectivity index (χ4v) is 9.89. The van der Waals surface area contributed by atoms with Crippen molar-refractivity contribution in [1.29, 1.82) is 0 Å². The summed E-state index contributed by atoms with van der Waals surface area (Å²) in [4.78, 5) is 9.61. The topological polar surface area (TPSA) is 33.5 Å². The van der Waals surface area contributed by atoms with Crippen LogP contribution in [0.25, 0.3) is 27.6 Å². The van der Waals surface area contributed by atoms with Gasteiger partial charge in [-0.1, -0.05) is 174 Å². The van der Waals surface area contributed by atoms with Crippen LogP contribution in [0.4, 0.5) is 22.7 Å². The van der Waals surface area contributed by atoms with Gasteiger partial charge in [0.25, 0.3) is 0 Å². The maximum Gasteiger partial charge on any atom is 0.135 e.